The van der Waals surface area contributed by atoms with Gasteiger partial charge in [0.15, 0.2) is 0 Å². The normalized spacial score (nSPS) is 16.1. The second kappa shape index (κ2) is 10.7. The molecule has 1 saturated heterocycles. The number of carbonyl (C=O) groups is 2. The van der Waals surface area contributed by atoms with Crippen molar-refractivity contribution in [3.05, 3.63) is 28.7 Å². The third-order valence-corrected chi connectivity index (χ3v) is 3.91. The number of halogens is 3. The van der Waals surface area contributed by atoms with Gasteiger partial charge < -0.3 is 21.3 Å². The smallest absolute Gasteiger partial charge is 0.239 e. The number of rotatable bonds is 5. The van der Waals surface area contributed by atoms with E-state index in [-0.39, 0.29) is 55.8 Å². The minimum Gasteiger partial charge on any atom is -0.369 e. The lowest BCUT2D eigenvalue weighted by molar-refractivity contribution is -0.125. The summed E-state index contributed by atoms with van der Waals surface area (Å²) in [4.78, 5) is 24.9. The topological polar surface area (TPSA) is 87.5 Å². The third kappa shape index (κ3) is 6.95. The van der Waals surface area contributed by atoms with Crippen molar-refractivity contribution in [3.8, 4) is 0 Å². The van der Waals surface area contributed by atoms with Crippen molar-refractivity contribution in [1.82, 2.24) is 10.6 Å². The number of hydrogen-bond acceptors (Lipinski definition) is 4. The van der Waals surface area contributed by atoms with Gasteiger partial charge in [-0.25, -0.2) is 0 Å². The molecule has 0 spiro atoms. The molecule has 1 atom stereocenters. The van der Waals surface area contributed by atoms with Crippen LogP contribution in [0, 0.1) is 0 Å². The Morgan fingerprint density at radius 1 is 1.22 bits per heavy atom. The Kier molecular flexibility index (Phi) is 10.2. The standard InChI is InChI=1S/C14H19BrN4O2.2ClH/c15-10-1-3-12(4-2-10)19-6-5-11(9-19)18-14(21)8-17-13(20)7-16;;/h1-4,11H,5-9,16H2,(H,17,20)(H,18,21);2*1H. The lowest BCUT2D eigenvalue weighted by atomic mass is 10.2. The lowest BCUT2D eigenvalue weighted by Gasteiger charge is -2.19. The molecule has 0 saturated carbocycles. The SMILES string of the molecule is Cl.Cl.NCC(=O)NCC(=O)NC1CCN(c2ccc(Br)cc2)C1. The van der Waals surface area contributed by atoms with E-state index in [2.05, 4.69) is 43.6 Å². The van der Waals surface area contributed by atoms with Gasteiger partial charge in [0.25, 0.3) is 0 Å². The quantitative estimate of drug-likeness (QED) is 0.655. The van der Waals surface area contributed by atoms with Gasteiger partial charge in [0.1, 0.15) is 0 Å². The van der Waals surface area contributed by atoms with Crippen LogP contribution in [0.1, 0.15) is 6.42 Å². The molecule has 23 heavy (non-hydrogen) atoms. The first kappa shape index (κ1) is 22.0. The van der Waals surface area contributed by atoms with Crippen molar-refractivity contribution in [2.45, 2.75) is 12.5 Å². The second-order valence-electron chi connectivity index (χ2n) is 4.96. The molecular formula is C14H21BrCl2N4O2. The first-order valence-electron chi connectivity index (χ1n) is 6.85. The highest BCUT2D eigenvalue weighted by molar-refractivity contribution is 9.10. The van der Waals surface area contributed by atoms with E-state index in [0.29, 0.717) is 0 Å². The first-order chi connectivity index (χ1) is 10.1. The van der Waals surface area contributed by atoms with Gasteiger partial charge in [-0.3, -0.25) is 9.59 Å². The largest absolute Gasteiger partial charge is 0.369 e. The molecule has 1 fully saturated rings. The number of amides is 2. The van der Waals surface area contributed by atoms with Crippen molar-refractivity contribution in [2.24, 2.45) is 5.73 Å². The van der Waals surface area contributed by atoms with Crippen molar-refractivity contribution in [2.75, 3.05) is 31.1 Å². The Morgan fingerprint density at radius 3 is 2.48 bits per heavy atom. The van der Waals surface area contributed by atoms with Gasteiger partial charge in [-0.15, -0.1) is 24.8 Å². The second-order valence-corrected chi connectivity index (χ2v) is 5.87. The molecule has 9 heteroatoms. The molecule has 0 bridgehead atoms. The summed E-state index contributed by atoms with van der Waals surface area (Å²) in [6.45, 7) is 1.55. The molecule has 0 aliphatic carbocycles. The van der Waals surface area contributed by atoms with E-state index in [1.54, 1.807) is 0 Å². The number of nitrogens with two attached hydrogens (primary N) is 1. The number of hydrogen-bond donors (Lipinski definition) is 3. The van der Waals surface area contributed by atoms with Crippen LogP contribution in [0.5, 0.6) is 0 Å². The number of anilines is 1. The molecule has 130 valence electrons. The fourth-order valence-electron chi connectivity index (χ4n) is 2.29. The van der Waals surface area contributed by atoms with Crippen LogP contribution in [0.2, 0.25) is 0 Å². The Morgan fingerprint density at radius 2 is 1.87 bits per heavy atom. The average Bonchev–Trinajstić information content (AvgIpc) is 2.94. The molecule has 1 unspecified atom stereocenters. The Bertz CT molecular complexity index is 516. The van der Waals surface area contributed by atoms with Crippen LogP contribution in [0.4, 0.5) is 5.69 Å². The lowest BCUT2D eigenvalue weighted by Crippen LogP contribution is -2.44. The van der Waals surface area contributed by atoms with Crippen molar-refractivity contribution in [1.29, 1.82) is 0 Å². The van der Waals surface area contributed by atoms with Crippen molar-refractivity contribution in [3.63, 3.8) is 0 Å². The van der Waals surface area contributed by atoms with Crippen LogP contribution >= 0.6 is 40.7 Å². The van der Waals surface area contributed by atoms with E-state index < -0.39 is 0 Å². The zero-order valence-electron chi connectivity index (χ0n) is 12.5. The summed E-state index contributed by atoms with van der Waals surface area (Å²) < 4.78 is 1.05. The summed E-state index contributed by atoms with van der Waals surface area (Å²) in [5, 5.41) is 5.38. The monoisotopic (exact) mass is 426 g/mol. The molecule has 2 rings (SSSR count). The first-order valence-corrected chi connectivity index (χ1v) is 7.64. The van der Waals surface area contributed by atoms with Crippen LogP contribution in [0.15, 0.2) is 28.7 Å². The molecule has 2 amide bonds. The van der Waals surface area contributed by atoms with Gasteiger partial charge in [-0.2, -0.15) is 0 Å². The van der Waals surface area contributed by atoms with Crippen molar-refractivity contribution < 1.29 is 9.59 Å². The van der Waals surface area contributed by atoms with Crippen LogP contribution < -0.4 is 21.3 Å². The molecule has 1 aromatic carbocycles. The number of carbonyl (C=O) groups excluding carboxylic acids is 2. The summed E-state index contributed by atoms with van der Waals surface area (Å²) in [5.41, 5.74) is 6.31. The minimum absolute atomic E-state index is 0. The average molecular weight is 428 g/mol. The molecule has 0 aromatic heterocycles. The van der Waals surface area contributed by atoms with E-state index in [0.717, 1.165) is 29.7 Å². The summed E-state index contributed by atoms with van der Waals surface area (Å²) in [6, 6.07) is 8.22. The maximum Gasteiger partial charge on any atom is 0.239 e. The molecule has 6 nitrogen and oxygen atoms in total. The van der Waals surface area contributed by atoms with E-state index in [4.69, 9.17) is 5.73 Å². The number of nitrogens with one attached hydrogen (secondary N) is 2. The molecule has 1 aliphatic heterocycles. The molecule has 1 aliphatic rings. The molecule has 0 radical (unpaired) electrons. The highest BCUT2D eigenvalue weighted by Gasteiger charge is 2.23. The van der Waals surface area contributed by atoms with Crippen LogP contribution in [0.3, 0.4) is 0 Å². The van der Waals surface area contributed by atoms with Gasteiger partial charge in [0.05, 0.1) is 13.1 Å². The highest BCUT2D eigenvalue weighted by atomic mass is 79.9. The van der Waals surface area contributed by atoms with Crippen LogP contribution in [-0.2, 0) is 9.59 Å². The van der Waals surface area contributed by atoms with Gasteiger partial charge in [-0.05, 0) is 30.7 Å². The number of nitrogens with zero attached hydrogens (tertiary/aromatic N) is 1. The summed E-state index contributed by atoms with van der Waals surface area (Å²) in [6.07, 6.45) is 0.895. The third-order valence-electron chi connectivity index (χ3n) is 3.38. The molecule has 1 aromatic rings. The van der Waals surface area contributed by atoms with Gasteiger partial charge >= 0.3 is 0 Å². The predicted octanol–water partition coefficient (Wildman–Crippen LogP) is 1.06. The minimum atomic E-state index is -0.326. The van der Waals surface area contributed by atoms with Crippen molar-refractivity contribution >= 4 is 58.2 Å². The predicted molar refractivity (Wildman–Crippen MR) is 99.5 cm³/mol. The van der Waals surface area contributed by atoms with Gasteiger partial charge in [0, 0.05) is 29.3 Å². The van der Waals surface area contributed by atoms with Crippen LogP contribution in [0.25, 0.3) is 0 Å². The Balaban J connectivity index is 0.00000242. The highest BCUT2D eigenvalue weighted by Crippen LogP contribution is 2.22. The molecule has 4 N–H and O–H groups in total. The zero-order chi connectivity index (χ0) is 15.2. The molecular weight excluding hydrogens is 407 g/mol. The van der Waals surface area contributed by atoms with E-state index >= 15 is 0 Å². The fraction of sp³-hybridized carbons (Fsp3) is 0.429. The maximum atomic E-state index is 11.7. The van der Waals surface area contributed by atoms with Crippen LogP contribution in [-0.4, -0.2) is 44.0 Å². The van der Waals surface area contributed by atoms with E-state index in [1.165, 1.54) is 0 Å². The van der Waals surface area contributed by atoms with E-state index in [9.17, 15) is 9.59 Å². The van der Waals surface area contributed by atoms with Gasteiger partial charge in [0.2, 0.25) is 11.8 Å². The Hall–Kier alpha value is -1.02. The van der Waals surface area contributed by atoms with E-state index in [1.807, 2.05) is 12.1 Å². The number of benzene rings is 1. The Labute approximate surface area is 156 Å². The zero-order valence-corrected chi connectivity index (χ0v) is 15.7. The fourth-order valence-corrected chi connectivity index (χ4v) is 2.56. The van der Waals surface area contributed by atoms with Gasteiger partial charge in [-0.1, -0.05) is 15.9 Å². The summed E-state index contributed by atoms with van der Waals surface area (Å²) in [7, 11) is 0. The summed E-state index contributed by atoms with van der Waals surface area (Å²) >= 11 is 3.41. The summed E-state index contributed by atoms with van der Waals surface area (Å²) in [5.74, 6) is -0.507. The maximum absolute atomic E-state index is 11.7. The molecule has 1 heterocycles.